The van der Waals surface area contributed by atoms with E-state index in [1.165, 1.54) is 0 Å². The standard InChI is InChI=1S/C15H24N4O/c1-10-8-11(2)18-15(13(10)14(16)20)19-6-4-12(5-7-19)9-17-3/h8,12,17H,4-7,9H2,1-3H3,(H2,16,20). The first kappa shape index (κ1) is 14.8. The molecule has 2 heterocycles. The van der Waals surface area contributed by atoms with Gasteiger partial charge in [0.2, 0.25) is 0 Å². The molecule has 0 unspecified atom stereocenters. The van der Waals surface area contributed by atoms with Crippen LogP contribution in [0.1, 0.15) is 34.5 Å². The van der Waals surface area contributed by atoms with Gasteiger partial charge in [-0.25, -0.2) is 4.98 Å². The maximum atomic E-state index is 11.7. The number of hydrogen-bond donors (Lipinski definition) is 2. The lowest BCUT2D eigenvalue weighted by atomic mass is 9.96. The predicted molar refractivity (Wildman–Crippen MR) is 81.1 cm³/mol. The SMILES string of the molecule is CNCC1CCN(c2nc(C)cc(C)c2C(N)=O)CC1. The van der Waals surface area contributed by atoms with Crippen molar-refractivity contribution in [2.45, 2.75) is 26.7 Å². The Kier molecular flexibility index (Phi) is 4.60. The van der Waals surface area contributed by atoms with Gasteiger partial charge in [-0.15, -0.1) is 0 Å². The first-order valence-electron chi connectivity index (χ1n) is 7.20. The second-order valence-corrected chi connectivity index (χ2v) is 5.63. The number of piperidine rings is 1. The van der Waals surface area contributed by atoms with Crippen molar-refractivity contribution in [3.05, 3.63) is 22.9 Å². The van der Waals surface area contributed by atoms with Crippen LogP contribution in [0.15, 0.2) is 6.07 Å². The van der Waals surface area contributed by atoms with Gasteiger partial charge in [-0.3, -0.25) is 4.79 Å². The highest BCUT2D eigenvalue weighted by Gasteiger charge is 2.24. The Balaban J connectivity index is 2.23. The highest BCUT2D eigenvalue weighted by Crippen LogP contribution is 2.26. The third kappa shape index (κ3) is 3.10. The van der Waals surface area contributed by atoms with Crippen molar-refractivity contribution < 1.29 is 4.79 Å². The average Bonchev–Trinajstić information content (AvgIpc) is 2.38. The molecular formula is C15H24N4O. The number of nitrogens with one attached hydrogen (secondary N) is 1. The van der Waals surface area contributed by atoms with Gasteiger partial charge in [-0.2, -0.15) is 0 Å². The number of aromatic nitrogens is 1. The molecule has 0 saturated carbocycles. The molecule has 1 fully saturated rings. The lowest BCUT2D eigenvalue weighted by Crippen LogP contribution is -2.38. The Hall–Kier alpha value is -1.62. The fourth-order valence-corrected chi connectivity index (χ4v) is 2.99. The number of nitrogens with zero attached hydrogens (tertiary/aromatic N) is 2. The Labute approximate surface area is 120 Å². The summed E-state index contributed by atoms with van der Waals surface area (Å²) >= 11 is 0. The Morgan fingerprint density at radius 2 is 2.10 bits per heavy atom. The molecule has 110 valence electrons. The normalized spacial score (nSPS) is 16.4. The lowest BCUT2D eigenvalue weighted by Gasteiger charge is -2.34. The number of hydrogen-bond acceptors (Lipinski definition) is 4. The first-order valence-corrected chi connectivity index (χ1v) is 7.20. The zero-order valence-electron chi connectivity index (χ0n) is 12.6. The number of rotatable bonds is 4. The van der Waals surface area contributed by atoms with E-state index in [1.807, 2.05) is 27.0 Å². The van der Waals surface area contributed by atoms with Crippen LogP contribution >= 0.6 is 0 Å². The quantitative estimate of drug-likeness (QED) is 0.868. The van der Waals surface area contributed by atoms with Crippen LogP contribution in [0.2, 0.25) is 0 Å². The molecule has 0 aromatic carbocycles. The fourth-order valence-electron chi connectivity index (χ4n) is 2.99. The van der Waals surface area contributed by atoms with E-state index in [0.717, 1.165) is 49.6 Å². The van der Waals surface area contributed by atoms with Gasteiger partial charge in [0, 0.05) is 18.8 Å². The topological polar surface area (TPSA) is 71.2 Å². The van der Waals surface area contributed by atoms with E-state index in [1.54, 1.807) is 0 Å². The summed E-state index contributed by atoms with van der Waals surface area (Å²) in [6.45, 7) is 6.79. The van der Waals surface area contributed by atoms with Gasteiger partial charge < -0.3 is 16.0 Å². The van der Waals surface area contributed by atoms with Crippen LogP contribution in [0.4, 0.5) is 5.82 Å². The van der Waals surface area contributed by atoms with E-state index in [-0.39, 0.29) is 5.91 Å². The molecule has 0 atom stereocenters. The maximum absolute atomic E-state index is 11.7. The van der Waals surface area contributed by atoms with Crippen LogP contribution in [0.3, 0.4) is 0 Å². The molecule has 1 amide bonds. The molecule has 0 bridgehead atoms. The fraction of sp³-hybridized carbons (Fsp3) is 0.600. The number of carbonyl (C=O) groups excluding carboxylic acids is 1. The Morgan fingerprint density at radius 1 is 1.45 bits per heavy atom. The minimum Gasteiger partial charge on any atom is -0.365 e. The number of pyridine rings is 1. The summed E-state index contributed by atoms with van der Waals surface area (Å²) in [5, 5.41) is 3.23. The molecule has 1 aliphatic rings. The van der Waals surface area contributed by atoms with Crippen LogP contribution in [-0.4, -0.2) is 37.6 Å². The summed E-state index contributed by atoms with van der Waals surface area (Å²) in [6, 6.07) is 1.91. The number of carbonyl (C=O) groups is 1. The molecule has 0 radical (unpaired) electrons. The van der Waals surface area contributed by atoms with Crippen molar-refractivity contribution in [3.63, 3.8) is 0 Å². The van der Waals surface area contributed by atoms with Crippen molar-refractivity contribution in [1.82, 2.24) is 10.3 Å². The van der Waals surface area contributed by atoms with Crippen LogP contribution in [-0.2, 0) is 0 Å². The van der Waals surface area contributed by atoms with Crippen LogP contribution in [0, 0.1) is 19.8 Å². The van der Waals surface area contributed by atoms with Crippen molar-refractivity contribution in [2.75, 3.05) is 31.6 Å². The van der Waals surface area contributed by atoms with E-state index < -0.39 is 0 Å². The number of anilines is 1. The molecule has 1 saturated heterocycles. The smallest absolute Gasteiger partial charge is 0.252 e. The maximum Gasteiger partial charge on any atom is 0.252 e. The molecule has 5 nitrogen and oxygen atoms in total. The van der Waals surface area contributed by atoms with Crippen LogP contribution in [0.5, 0.6) is 0 Å². The number of amides is 1. The summed E-state index contributed by atoms with van der Waals surface area (Å²) in [5.74, 6) is 1.08. The molecule has 20 heavy (non-hydrogen) atoms. The van der Waals surface area contributed by atoms with Crippen LogP contribution < -0.4 is 16.0 Å². The molecule has 1 aromatic rings. The summed E-state index contributed by atoms with van der Waals surface area (Å²) in [5.41, 5.74) is 7.95. The Morgan fingerprint density at radius 3 is 2.65 bits per heavy atom. The molecule has 0 aliphatic carbocycles. The predicted octanol–water partition coefficient (Wildman–Crippen LogP) is 1.23. The molecule has 3 N–H and O–H groups in total. The third-order valence-corrected chi connectivity index (χ3v) is 3.98. The van der Waals surface area contributed by atoms with Crippen LogP contribution in [0.25, 0.3) is 0 Å². The summed E-state index contributed by atoms with van der Waals surface area (Å²) < 4.78 is 0. The Bertz CT molecular complexity index is 493. The second-order valence-electron chi connectivity index (χ2n) is 5.63. The van der Waals surface area contributed by atoms with Crippen molar-refractivity contribution >= 4 is 11.7 Å². The van der Waals surface area contributed by atoms with E-state index in [4.69, 9.17) is 5.73 Å². The van der Waals surface area contributed by atoms with Crippen molar-refractivity contribution in [1.29, 1.82) is 0 Å². The summed E-state index contributed by atoms with van der Waals surface area (Å²) in [4.78, 5) is 18.5. The van der Waals surface area contributed by atoms with E-state index in [2.05, 4.69) is 15.2 Å². The van der Waals surface area contributed by atoms with Gasteiger partial charge in [-0.05, 0) is 57.8 Å². The van der Waals surface area contributed by atoms with Gasteiger partial charge in [0.25, 0.3) is 5.91 Å². The molecule has 2 rings (SSSR count). The highest BCUT2D eigenvalue weighted by molar-refractivity contribution is 5.99. The zero-order valence-corrected chi connectivity index (χ0v) is 12.6. The number of nitrogens with two attached hydrogens (primary N) is 1. The second kappa shape index (κ2) is 6.22. The number of aryl methyl sites for hydroxylation is 2. The minimum absolute atomic E-state index is 0.387. The van der Waals surface area contributed by atoms with Gasteiger partial charge in [0.15, 0.2) is 0 Å². The van der Waals surface area contributed by atoms with E-state index in [9.17, 15) is 4.79 Å². The van der Waals surface area contributed by atoms with Gasteiger partial charge >= 0.3 is 0 Å². The van der Waals surface area contributed by atoms with E-state index in [0.29, 0.717) is 11.5 Å². The average molecular weight is 276 g/mol. The van der Waals surface area contributed by atoms with Gasteiger partial charge in [0.05, 0.1) is 5.56 Å². The van der Waals surface area contributed by atoms with Gasteiger partial charge in [0.1, 0.15) is 5.82 Å². The van der Waals surface area contributed by atoms with E-state index >= 15 is 0 Å². The molecular weight excluding hydrogens is 252 g/mol. The van der Waals surface area contributed by atoms with Crippen molar-refractivity contribution in [2.24, 2.45) is 11.7 Å². The lowest BCUT2D eigenvalue weighted by molar-refractivity contribution is 0.1000. The summed E-state index contributed by atoms with van der Waals surface area (Å²) in [6.07, 6.45) is 2.24. The summed E-state index contributed by atoms with van der Waals surface area (Å²) in [7, 11) is 1.99. The molecule has 1 aromatic heterocycles. The highest BCUT2D eigenvalue weighted by atomic mass is 16.1. The number of primary amides is 1. The monoisotopic (exact) mass is 276 g/mol. The minimum atomic E-state index is -0.387. The molecule has 5 heteroatoms. The molecule has 0 spiro atoms. The van der Waals surface area contributed by atoms with Gasteiger partial charge in [-0.1, -0.05) is 0 Å². The largest absolute Gasteiger partial charge is 0.365 e. The molecule has 1 aliphatic heterocycles. The van der Waals surface area contributed by atoms with Crippen molar-refractivity contribution in [3.8, 4) is 0 Å². The third-order valence-electron chi connectivity index (χ3n) is 3.98. The zero-order chi connectivity index (χ0) is 14.7. The first-order chi connectivity index (χ1) is 9.52.